The van der Waals surface area contributed by atoms with Crippen molar-refractivity contribution in [1.29, 1.82) is 0 Å². The number of hydrogen-bond acceptors (Lipinski definition) is 4. The summed E-state index contributed by atoms with van der Waals surface area (Å²) in [6.45, 7) is 4.76. The van der Waals surface area contributed by atoms with Gasteiger partial charge in [-0.05, 0) is 19.9 Å². The van der Waals surface area contributed by atoms with Crippen LogP contribution >= 0.6 is 11.3 Å². The van der Waals surface area contributed by atoms with Crippen molar-refractivity contribution >= 4 is 17.0 Å². The molecule has 2 N–H and O–H groups in total. The molecule has 0 fully saturated rings. The Bertz CT molecular complexity index is 681. The van der Waals surface area contributed by atoms with E-state index in [-0.39, 0.29) is 10.4 Å². The molecule has 96 valence electrons. The Labute approximate surface area is 108 Å². The first-order chi connectivity index (χ1) is 8.49. The molecule has 18 heavy (non-hydrogen) atoms. The van der Waals surface area contributed by atoms with Crippen molar-refractivity contribution < 1.29 is 0 Å². The van der Waals surface area contributed by atoms with Gasteiger partial charge in [0.15, 0.2) is 0 Å². The molecule has 0 radical (unpaired) electrons. The van der Waals surface area contributed by atoms with Gasteiger partial charge < -0.3 is 14.9 Å². The Hall–Kier alpha value is -1.82. The predicted octanol–water partition coefficient (Wildman–Crippen LogP) is 0.971. The van der Waals surface area contributed by atoms with Crippen LogP contribution in [0.4, 0.5) is 5.69 Å². The van der Waals surface area contributed by atoms with Crippen molar-refractivity contribution in [2.24, 2.45) is 0 Å². The Morgan fingerprint density at radius 3 is 2.56 bits per heavy atom. The van der Waals surface area contributed by atoms with Gasteiger partial charge in [-0.1, -0.05) is 11.3 Å². The number of hydrogen-bond donors (Lipinski definition) is 1. The zero-order valence-electron chi connectivity index (χ0n) is 10.3. The Morgan fingerprint density at radius 1 is 1.22 bits per heavy atom. The SMILES string of the molecule is Cc1sc(=O)n(CCn2cc(N)ccc2=O)c1C. The van der Waals surface area contributed by atoms with Crippen molar-refractivity contribution in [3.05, 3.63) is 48.9 Å². The van der Waals surface area contributed by atoms with Crippen LogP contribution in [0.15, 0.2) is 27.9 Å². The summed E-state index contributed by atoms with van der Waals surface area (Å²) in [7, 11) is 0. The number of nitrogens with zero attached hydrogens (tertiary/aromatic N) is 2. The molecule has 2 rings (SSSR count). The van der Waals surface area contributed by atoms with Gasteiger partial charge in [0.2, 0.25) is 0 Å². The maximum atomic E-state index is 11.7. The zero-order valence-corrected chi connectivity index (χ0v) is 11.2. The first kappa shape index (κ1) is 12.6. The molecular weight excluding hydrogens is 250 g/mol. The van der Waals surface area contributed by atoms with Gasteiger partial charge in [0.05, 0.1) is 0 Å². The lowest BCUT2D eigenvalue weighted by atomic mass is 10.4. The summed E-state index contributed by atoms with van der Waals surface area (Å²) in [5, 5.41) is 0. The molecule has 2 aromatic rings. The van der Waals surface area contributed by atoms with E-state index in [0.29, 0.717) is 18.8 Å². The minimum Gasteiger partial charge on any atom is -0.398 e. The summed E-state index contributed by atoms with van der Waals surface area (Å²) in [6, 6.07) is 3.01. The molecule has 0 spiro atoms. The first-order valence-corrected chi connectivity index (χ1v) is 6.43. The van der Waals surface area contributed by atoms with Crippen LogP contribution in [-0.4, -0.2) is 9.13 Å². The topological polar surface area (TPSA) is 70.0 Å². The van der Waals surface area contributed by atoms with E-state index in [1.807, 2.05) is 13.8 Å². The molecule has 0 atom stereocenters. The van der Waals surface area contributed by atoms with E-state index in [9.17, 15) is 9.59 Å². The summed E-state index contributed by atoms with van der Waals surface area (Å²) in [5.74, 6) is 0. The summed E-state index contributed by atoms with van der Waals surface area (Å²) in [4.78, 5) is 24.3. The first-order valence-electron chi connectivity index (χ1n) is 5.62. The van der Waals surface area contributed by atoms with Crippen LogP contribution in [0.1, 0.15) is 10.6 Å². The fourth-order valence-corrected chi connectivity index (χ4v) is 2.64. The number of anilines is 1. The number of nitrogens with two attached hydrogens (primary N) is 1. The largest absolute Gasteiger partial charge is 0.398 e. The molecular formula is C12H15N3O2S. The summed E-state index contributed by atoms with van der Waals surface area (Å²) in [6.07, 6.45) is 1.60. The van der Waals surface area contributed by atoms with E-state index in [4.69, 9.17) is 5.73 Å². The van der Waals surface area contributed by atoms with Gasteiger partial charge in [-0.2, -0.15) is 0 Å². The predicted molar refractivity (Wildman–Crippen MR) is 73.2 cm³/mol. The second-order valence-electron chi connectivity index (χ2n) is 4.16. The summed E-state index contributed by atoms with van der Waals surface area (Å²) in [5.41, 5.74) is 7.03. The third-order valence-corrected chi connectivity index (χ3v) is 3.94. The van der Waals surface area contributed by atoms with Crippen LogP contribution in [0.5, 0.6) is 0 Å². The van der Waals surface area contributed by atoms with Gasteiger partial charge in [0.1, 0.15) is 0 Å². The molecule has 0 saturated carbocycles. The zero-order chi connectivity index (χ0) is 13.3. The molecule has 0 aromatic carbocycles. The molecule has 0 aliphatic heterocycles. The molecule has 0 bridgehead atoms. The van der Waals surface area contributed by atoms with Gasteiger partial charge in [-0.15, -0.1) is 0 Å². The van der Waals surface area contributed by atoms with E-state index in [0.717, 1.165) is 10.6 Å². The van der Waals surface area contributed by atoms with E-state index in [1.165, 1.54) is 22.0 Å². The lowest BCUT2D eigenvalue weighted by Gasteiger charge is -2.08. The normalized spacial score (nSPS) is 10.8. The van der Waals surface area contributed by atoms with Gasteiger partial charge >= 0.3 is 4.87 Å². The molecule has 0 aliphatic carbocycles. The maximum Gasteiger partial charge on any atom is 0.307 e. The van der Waals surface area contributed by atoms with Crippen LogP contribution in [-0.2, 0) is 13.1 Å². The fraction of sp³-hybridized carbons (Fsp3) is 0.333. The number of aromatic nitrogens is 2. The highest BCUT2D eigenvalue weighted by molar-refractivity contribution is 7.09. The van der Waals surface area contributed by atoms with Crippen molar-refractivity contribution in [2.75, 3.05) is 5.73 Å². The molecule has 0 unspecified atom stereocenters. The highest BCUT2D eigenvalue weighted by atomic mass is 32.1. The number of thiazole rings is 1. The number of aryl methyl sites for hydroxylation is 2. The van der Waals surface area contributed by atoms with Gasteiger partial charge in [-0.3, -0.25) is 9.59 Å². The third-order valence-electron chi connectivity index (χ3n) is 2.95. The van der Waals surface area contributed by atoms with Crippen LogP contribution in [0.2, 0.25) is 0 Å². The Morgan fingerprint density at radius 2 is 1.94 bits per heavy atom. The maximum absolute atomic E-state index is 11.7. The van der Waals surface area contributed by atoms with Crippen LogP contribution in [0, 0.1) is 13.8 Å². The highest BCUT2D eigenvalue weighted by Crippen LogP contribution is 2.09. The second-order valence-corrected chi connectivity index (χ2v) is 5.32. The number of rotatable bonds is 3. The number of pyridine rings is 1. The van der Waals surface area contributed by atoms with Crippen LogP contribution in [0.3, 0.4) is 0 Å². The van der Waals surface area contributed by atoms with Crippen molar-refractivity contribution in [3.63, 3.8) is 0 Å². The van der Waals surface area contributed by atoms with Crippen LogP contribution < -0.4 is 16.2 Å². The lowest BCUT2D eigenvalue weighted by molar-refractivity contribution is 0.551. The van der Waals surface area contributed by atoms with E-state index in [2.05, 4.69) is 0 Å². The fourth-order valence-electron chi connectivity index (χ4n) is 1.78. The molecule has 0 amide bonds. The van der Waals surface area contributed by atoms with E-state index < -0.39 is 0 Å². The minimum atomic E-state index is -0.109. The third kappa shape index (κ3) is 2.38. The Balaban J connectivity index is 2.24. The molecule has 2 aromatic heterocycles. The van der Waals surface area contributed by atoms with Crippen molar-refractivity contribution in [1.82, 2.24) is 9.13 Å². The molecule has 0 aliphatic rings. The van der Waals surface area contributed by atoms with Crippen molar-refractivity contribution in [2.45, 2.75) is 26.9 Å². The quantitative estimate of drug-likeness (QED) is 0.899. The van der Waals surface area contributed by atoms with E-state index in [1.54, 1.807) is 16.8 Å². The smallest absolute Gasteiger partial charge is 0.307 e. The van der Waals surface area contributed by atoms with Gasteiger partial charge in [0.25, 0.3) is 5.56 Å². The second kappa shape index (κ2) is 4.81. The van der Waals surface area contributed by atoms with Crippen LogP contribution in [0.25, 0.3) is 0 Å². The molecule has 6 heteroatoms. The minimum absolute atomic E-state index is 0.0157. The van der Waals surface area contributed by atoms with Gasteiger partial charge in [-0.25, -0.2) is 0 Å². The molecule has 2 heterocycles. The molecule has 5 nitrogen and oxygen atoms in total. The van der Waals surface area contributed by atoms with Crippen molar-refractivity contribution in [3.8, 4) is 0 Å². The monoisotopic (exact) mass is 265 g/mol. The number of nitrogen functional groups attached to an aromatic ring is 1. The Kier molecular flexibility index (Phi) is 3.38. The summed E-state index contributed by atoms with van der Waals surface area (Å²) < 4.78 is 3.21. The summed E-state index contributed by atoms with van der Waals surface area (Å²) >= 11 is 1.23. The average Bonchev–Trinajstić information content (AvgIpc) is 2.55. The highest BCUT2D eigenvalue weighted by Gasteiger charge is 2.07. The molecule has 0 saturated heterocycles. The average molecular weight is 265 g/mol. The van der Waals surface area contributed by atoms with E-state index >= 15 is 0 Å². The standard InChI is InChI=1S/C12H15N3O2S/c1-8-9(2)18-12(17)15(8)6-5-14-7-10(13)3-4-11(14)16/h3-4,7H,5-6,13H2,1-2H3. The lowest BCUT2D eigenvalue weighted by Crippen LogP contribution is -2.24. The van der Waals surface area contributed by atoms with Gasteiger partial charge in [0, 0.05) is 41.6 Å².